The summed E-state index contributed by atoms with van der Waals surface area (Å²) in [5.41, 5.74) is 4.38. The zero-order valence-corrected chi connectivity index (χ0v) is 12.9. The van der Waals surface area contributed by atoms with Gasteiger partial charge in [-0.25, -0.2) is 4.98 Å². The number of halogens is 1. The zero-order chi connectivity index (χ0) is 13.9. The van der Waals surface area contributed by atoms with Crippen LogP contribution < -0.4 is 0 Å². The van der Waals surface area contributed by atoms with E-state index in [0.717, 1.165) is 29.8 Å². The van der Waals surface area contributed by atoms with E-state index >= 15 is 0 Å². The molecule has 0 aliphatic rings. The van der Waals surface area contributed by atoms with Gasteiger partial charge in [0.15, 0.2) is 11.5 Å². The molecule has 0 N–H and O–H groups in total. The van der Waals surface area contributed by atoms with Crippen LogP contribution in [0.4, 0.5) is 0 Å². The summed E-state index contributed by atoms with van der Waals surface area (Å²) in [4.78, 5) is 4.74. The Morgan fingerprint density at radius 1 is 1.10 bits per heavy atom. The highest BCUT2D eigenvalue weighted by atomic mass is 79.9. The Kier molecular flexibility index (Phi) is 3.88. The van der Waals surface area contributed by atoms with Gasteiger partial charge in [-0.2, -0.15) is 0 Å². The van der Waals surface area contributed by atoms with Crippen molar-refractivity contribution in [1.82, 2.24) is 4.98 Å². The van der Waals surface area contributed by atoms with E-state index in [2.05, 4.69) is 52.1 Å². The van der Waals surface area contributed by atoms with Crippen LogP contribution in [0.1, 0.15) is 28.8 Å². The van der Waals surface area contributed by atoms with Gasteiger partial charge < -0.3 is 4.42 Å². The molecule has 1 atom stereocenters. The topological polar surface area (TPSA) is 26.0 Å². The Labute approximate surface area is 127 Å². The fraction of sp³-hybridized carbons (Fsp3) is 0.235. The second-order valence-corrected chi connectivity index (χ2v) is 5.95. The minimum Gasteiger partial charge on any atom is -0.441 e. The first-order chi connectivity index (χ1) is 9.76. The molecule has 1 unspecified atom stereocenters. The number of benzene rings is 2. The van der Waals surface area contributed by atoms with Gasteiger partial charge in [0, 0.05) is 11.2 Å². The smallest absolute Gasteiger partial charge is 0.196 e. The maximum absolute atomic E-state index is 5.76. The number of nitrogens with zero attached hydrogens (tertiary/aromatic N) is 1. The van der Waals surface area contributed by atoms with Gasteiger partial charge in [-0.05, 0) is 29.7 Å². The predicted octanol–water partition coefficient (Wildman–Crippen LogP) is 5.07. The lowest BCUT2D eigenvalue weighted by Crippen LogP contribution is -1.96. The van der Waals surface area contributed by atoms with Crippen molar-refractivity contribution in [2.75, 3.05) is 0 Å². The molecule has 20 heavy (non-hydrogen) atoms. The quantitative estimate of drug-likeness (QED) is 0.624. The number of alkyl halides is 1. The molecule has 1 aromatic heterocycles. The van der Waals surface area contributed by atoms with Crippen LogP contribution in [0.3, 0.4) is 0 Å². The fourth-order valence-electron chi connectivity index (χ4n) is 2.24. The normalized spacial score (nSPS) is 12.7. The van der Waals surface area contributed by atoms with Gasteiger partial charge in [-0.3, -0.25) is 0 Å². The highest BCUT2D eigenvalue weighted by Crippen LogP contribution is 2.28. The number of aromatic nitrogens is 1. The highest BCUT2D eigenvalue weighted by Gasteiger charge is 2.13. The van der Waals surface area contributed by atoms with E-state index in [1.54, 1.807) is 0 Å². The molecule has 3 rings (SSSR count). The zero-order valence-electron chi connectivity index (χ0n) is 11.3. The Morgan fingerprint density at radius 3 is 2.55 bits per heavy atom. The van der Waals surface area contributed by atoms with Crippen LogP contribution in [0.25, 0.3) is 11.1 Å². The summed E-state index contributed by atoms with van der Waals surface area (Å²) in [6.45, 7) is 2.17. The van der Waals surface area contributed by atoms with E-state index < -0.39 is 0 Å². The summed E-state index contributed by atoms with van der Waals surface area (Å²) in [7, 11) is 0. The summed E-state index contributed by atoms with van der Waals surface area (Å²) in [6.07, 6.45) is 1.82. The molecule has 0 bridgehead atoms. The summed E-state index contributed by atoms with van der Waals surface area (Å²) in [6, 6.07) is 16.6. The third kappa shape index (κ3) is 2.78. The van der Waals surface area contributed by atoms with E-state index in [0.29, 0.717) is 0 Å². The maximum Gasteiger partial charge on any atom is 0.196 e. The second-order valence-electron chi connectivity index (χ2n) is 4.84. The van der Waals surface area contributed by atoms with Gasteiger partial charge in [0.25, 0.3) is 0 Å². The molecule has 1 heterocycles. The molecule has 0 fully saturated rings. The molecular formula is C17H16BrNO. The maximum atomic E-state index is 5.76. The van der Waals surface area contributed by atoms with Crippen LogP contribution in [0, 0.1) is 0 Å². The van der Waals surface area contributed by atoms with Crippen molar-refractivity contribution in [3.05, 3.63) is 65.5 Å². The summed E-state index contributed by atoms with van der Waals surface area (Å²) in [5.74, 6) is 0.771. The van der Waals surface area contributed by atoms with Gasteiger partial charge in [0.2, 0.25) is 0 Å². The summed E-state index contributed by atoms with van der Waals surface area (Å²) in [5, 5.41) is 0. The molecule has 3 heteroatoms. The van der Waals surface area contributed by atoms with Crippen molar-refractivity contribution >= 4 is 27.0 Å². The Balaban J connectivity index is 1.78. The molecule has 2 aromatic carbocycles. The first kappa shape index (κ1) is 13.4. The van der Waals surface area contributed by atoms with Crippen LogP contribution in [0.5, 0.6) is 0 Å². The highest BCUT2D eigenvalue weighted by molar-refractivity contribution is 9.09. The molecule has 0 amide bonds. The molecule has 0 saturated heterocycles. The van der Waals surface area contributed by atoms with Crippen LogP contribution in [-0.4, -0.2) is 4.98 Å². The van der Waals surface area contributed by atoms with Crippen LogP contribution in [0.2, 0.25) is 0 Å². The number of para-hydroxylation sites is 2. The van der Waals surface area contributed by atoms with E-state index in [1.165, 1.54) is 11.1 Å². The molecule has 0 spiro atoms. The first-order valence-corrected chi connectivity index (χ1v) is 7.75. The number of fused-ring (bicyclic) bond motifs is 1. The first-order valence-electron chi connectivity index (χ1n) is 6.83. The third-order valence-corrected chi connectivity index (χ3v) is 4.29. The molecule has 3 aromatic rings. The molecule has 0 saturated carbocycles. The monoisotopic (exact) mass is 329 g/mol. The van der Waals surface area contributed by atoms with Crippen LogP contribution >= 0.6 is 15.9 Å². The summed E-state index contributed by atoms with van der Waals surface area (Å²) >= 11 is 3.73. The van der Waals surface area contributed by atoms with Crippen LogP contribution in [-0.2, 0) is 12.8 Å². The SMILES string of the molecule is CCc1ccc(C(Br)Cc2nc3ccccc3o2)cc1. The molecule has 102 valence electrons. The summed E-state index contributed by atoms with van der Waals surface area (Å²) < 4.78 is 5.76. The molecule has 0 radical (unpaired) electrons. The second kappa shape index (κ2) is 5.80. The predicted molar refractivity (Wildman–Crippen MR) is 85.2 cm³/mol. The van der Waals surface area contributed by atoms with Crippen molar-refractivity contribution < 1.29 is 4.42 Å². The Hall–Kier alpha value is -1.61. The molecule has 2 nitrogen and oxygen atoms in total. The van der Waals surface area contributed by atoms with E-state index in [9.17, 15) is 0 Å². The largest absolute Gasteiger partial charge is 0.441 e. The van der Waals surface area contributed by atoms with Gasteiger partial charge in [0.1, 0.15) is 5.52 Å². The number of hydrogen-bond donors (Lipinski definition) is 0. The Morgan fingerprint density at radius 2 is 1.85 bits per heavy atom. The lowest BCUT2D eigenvalue weighted by Gasteiger charge is -2.08. The minimum atomic E-state index is 0.224. The van der Waals surface area contributed by atoms with Crippen molar-refractivity contribution in [2.45, 2.75) is 24.6 Å². The van der Waals surface area contributed by atoms with Crippen LogP contribution in [0.15, 0.2) is 52.9 Å². The van der Waals surface area contributed by atoms with Gasteiger partial charge >= 0.3 is 0 Å². The van der Waals surface area contributed by atoms with Gasteiger partial charge in [-0.15, -0.1) is 0 Å². The lowest BCUT2D eigenvalue weighted by atomic mass is 10.1. The number of oxazole rings is 1. The average Bonchev–Trinajstić information content (AvgIpc) is 2.89. The number of hydrogen-bond acceptors (Lipinski definition) is 2. The molecular weight excluding hydrogens is 314 g/mol. The standard InChI is InChI=1S/C17H16BrNO/c1-2-12-7-9-13(10-8-12)14(18)11-17-19-15-5-3-4-6-16(15)20-17/h3-10,14H,2,11H2,1H3. The average molecular weight is 330 g/mol. The minimum absolute atomic E-state index is 0.224. The van der Waals surface area contributed by atoms with E-state index in [4.69, 9.17) is 4.42 Å². The lowest BCUT2D eigenvalue weighted by molar-refractivity contribution is 0.527. The molecule has 0 aliphatic carbocycles. The Bertz CT molecular complexity index is 669. The fourth-order valence-corrected chi connectivity index (χ4v) is 2.82. The molecule has 0 aliphatic heterocycles. The van der Waals surface area contributed by atoms with E-state index in [-0.39, 0.29) is 4.83 Å². The van der Waals surface area contributed by atoms with Gasteiger partial charge in [0.05, 0.1) is 0 Å². The van der Waals surface area contributed by atoms with Crippen molar-refractivity contribution in [3.8, 4) is 0 Å². The van der Waals surface area contributed by atoms with Gasteiger partial charge in [-0.1, -0.05) is 59.3 Å². The third-order valence-electron chi connectivity index (χ3n) is 3.44. The van der Waals surface area contributed by atoms with E-state index in [1.807, 2.05) is 24.3 Å². The number of rotatable bonds is 4. The van der Waals surface area contributed by atoms with Crippen molar-refractivity contribution in [1.29, 1.82) is 0 Å². The van der Waals surface area contributed by atoms with Crippen molar-refractivity contribution in [2.24, 2.45) is 0 Å². The number of aryl methyl sites for hydroxylation is 1. The van der Waals surface area contributed by atoms with Crippen molar-refractivity contribution in [3.63, 3.8) is 0 Å².